The molecule has 1 fully saturated rings. The van der Waals surface area contributed by atoms with E-state index in [0.29, 0.717) is 0 Å². The molecule has 6 aromatic carbocycles. The van der Waals surface area contributed by atoms with E-state index in [4.69, 9.17) is 0 Å². The lowest BCUT2D eigenvalue weighted by atomic mass is 9.34. The predicted molar refractivity (Wildman–Crippen MR) is 238 cm³/mol. The Hall–Kier alpha value is -4.66. The van der Waals surface area contributed by atoms with Crippen molar-refractivity contribution in [3.05, 3.63) is 165 Å². The highest BCUT2D eigenvalue weighted by Gasteiger charge is 2.42. The van der Waals surface area contributed by atoms with E-state index in [1.165, 1.54) is 123 Å². The van der Waals surface area contributed by atoms with Crippen LogP contribution in [0.25, 0.3) is 36.9 Å². The van der Waals surface area contributed by atoms with Crippen LogP contribution in [0.5, 0.6) is 0 Å². The second kappa shape index (κ2) is 13.6. The largest absolute Gasteiger partial charge is 0.242 e. The van der Waals surface area contributed by atoms with E-state index in [1.807, 2.05) is 11.3 Å². The molecule has 0 radical (unpaired) electrons. The molecule has 9 rings (SSSR count). The Morgan fingerprint density at radius 3 is 1.74 bits per heavy atom. The van der Waals surface area contributed by atoms with E-state index >= 15 is 0 Å². The third-order valence-corrected chi connectivity index (χ3v) is 14.2. The minimum atomic E-state index is 0.167. The van der Waals surface area contributed by atoms with Crippen LogP contribution in [0.2, 0.25) is 0 Å². The average molecular weight is 719 g/mol. The quantitative estimate of drug-likeness (QED) is 0.150. The van der Waals surface area contributed by atoms with Crippen molar-refractivity contribution < 1.29 is 0 Å². The summed E-state index contributed by atoms with van der Waals surface area (Å²) < 4.78 is 2.70. The predicted octanol–water partition coefficient (Wildman–Crippen LogP) is 12.3. The van der Waals surface area contributed by atoms with E-state index in [-0.39, 0.29) is 12.1 Å². The van der Waals surface area contributed by atoms with E-state index in [9.17, 15) is 0 Å². The monoisotopic (exact) mass is 718 g/mol. The Bertz CT molecular complexity index is 2500. The van der Waals surface area contributed by atoms with Crippen LogP contribution >= 0.6 is 11.3 Å². The summed E-state index contributed by atoms with van der Waals surface area (Å²) in [7, 11) is 0. The van der Waals surface area contributed by atoms with Gasteiger partial charge in [0, 0.05) is 14.8 Å². The van der Waals surface area contributed by atoms with Crippen LogP contribution in [0.4, 0.5) is 0 Å². The maximum atomic E-state index is 2.57. The number of aryl methyl sites for hydroxylation is 7. The molecule has 268 valence electrons. The van der Waals surface area contributed by atoms with Crippen molar-refractivity contribution >= 4 is 60.2 Å². The van der Waals surface area contributed by atoms with Crippen LogP contribution in [0, 0.1) is 54.4 Å². The number of allylic oxidation sites excluding steroid dienone is 2. The summed E-state index contributed by atoms with van der Waals surface area (Å²) in [6, 6.07) is 42.8. The molecular formula is C52H51BS. The highest BCUT2D eigenvalue weighted by molar-refractivity contribution is 7.25. The molecule has 1 aromatic heterocycles. The molecule has 2 unspecified atom stereocenters. The number of hydrogen-bond acceptors (Lipinski definition) is 1. The van der Waals surface area contributed by atoms with Crippen molar-refractivity contribution in [1.82, 2.24) is 0 Å². The maximum absolute atomic E-state index is 2.57. The Morgan fingerprint density at radius 1 is 0.556 bits per heavy atom. The summed E-state index contributed by atoms with van der Waals surface area (Å²) in [5.74, 6) is 0.806. The number of rotatable bonds is 6. The van der Waals surface area contributed by atoms with E-state index < -0.39 is 0 Å². The topological polar surface area (TPSA) is 0 Å². The second-order valence-corrected chi connectivity index (χ2v) is 18.2. The first-order valence-electron chi connectivity index (χ1n) is 20.0. The standard InChI is InChI=1S/C52H51BS/c1-32-8-17-44(18-9-32)52-23-22-39(30-52)10-11-43(31-52)41-14-12-40(13-15-41)42-16-20-48-46(28-42)47-29-45(19-21-49(47)54-48)53(50-35(4)24-33(2)25-36(50)5)51-37(6)26-34(3)27-38(51)7/h8-9,11-21,24-29,39H,10,22-23,30-31H2,1-7H3. The second-order valence-electron chi connectivity index (χ2n) is 17.1. The van der Waals surface area contributed by atoms with Gasteiger partial charge in [0.15, 0.2) is 0 Å². The minimum Gasteiger partial charge on any atom is -0.135 e. The van der Waals surface area contributed by atoms with Gasteiger partial charge in [0.1, 0.15) is 0 Å². The Morgan fingerprint density at radius 2 is 1.11 bits per heavy atom. The lowest BCUT2D eigenvalue weighted by molar-refractivity contribution is 0.433. The summed E-state index contributed by atoms with van der Waals surface area (Å²) in [6.45, 7) is 16.0. The van der Waals surface area contributed by atoms with Gasteiger partial charge in [0.25, 0.3) is 0 Å². The lowest BCUT2D eigenvalue weighted by Gasteiger charge is -2.31. The van der Waals surface area contributed by atoms with Crippen LogP contribution in [0.3, 0.4) is 0 Å². The van der Waals surface area contributed by atoms with Crippen molar-refractivity contribution in [1.29, 1.82) is 0 Å². The Balaban J connectivity index is 1.09. The molecule has 7 aromatic rings. The number of fused-ring (bicyclic) bond motifs is 5. The number of hydrogen-bond donors (Lipinski definition) is 0. The molecule has 0 saturated heterocycles. The third kappa shape index (κ3) is 6.17. The lowest BCUT2D eigenvalue weighted by Crippen LogP contribution is -2.55. The van der Waals surface area contributed by atoms with Crippen LogP contribution < -0.4 is 16.4 Å². The molecule has 54 heavy (non-hydrogen) atoms. The minimum absolute atomic E-state index is 0.167. The fraction of sp³-hybridized carbons (Fsp3) is 0.269. The first-order chi connectivity index (χ1) is 26.0. The van der Waals surface area contributed by atoms with Crippen molar-refractivity contribution in [3.63, 3.8) is 0 Å². The molecule has 0 nitrogen and oxygen atoms in total. The number of thiophene rings is 1. The van der Waals surface area contributed by atoms with Gasteiger partial charge < -0.3 is 0 Å². The van der Waals surface area contributed by atoms with Gasteiger partial charge in [-0.1, -0.05) is 152 Å². The molecule has 2 aliphatic carbocycles. The molecular weight excluding hydrogens is 667 g/mol. The van der Waals surface area contributed by atoms with Crippen molar-refractivity contribution in [2.75, 3.05) is 0 Å². The molecule has 0 N–H and O–H groups in total. The van der Waals surface area contributed by atoms with Gasteiger partial charge in [-0.3, -0.25) is 0 Å². The Kier molecular flexibility index (Phi) is 8.82. The van der Waals surface area contributed by atoms with Gasteiger partial charge in [0.05, 0.1) is 0 Å². The summed E-state index contributed by atoms with van der Waals surface area (Å²) in [6.07, 6.45) is 8.91. The van der Waals surface area contributed by atoms with Gasteiger partial charge in [-0.2, -0.15) is 0 Å². The van der Waals surface area contributed by atoms with Crippen LogP contribution in [-0.2, 0) is 5.41 Å². The number of benzene rings is 6. The molecule has 1 heterocycles. The summed E-state index contributed by atoms with van der Waals surface area (Å²) in [5.41, 5.74) is 21.1. The molecule has 0 aliphatic heterocycles. The molecule has 0 amide bonds. The van der Waals surface area contributed by atoms with Crippen molar-refractivity contribution in [2.45, 2.75) is 86.0 Å². The first kappa shape index (κ1) is 35.1. The molecule has 2 bridgehead atoms. The average Bonchev–Trinajstić information content (AvgIpc) is 3.66. The van der Waals surface area contributed by atoms with Gasteiger partial charge in [-0.25, -0.2) is 0 Å². The van der Waals surface area contributed by atoms with E-state index in [2.05, 4.69) is 164 Å². The fourth-order valence-corrected chi connectivity index (χ4v) is 11.7. The zero-order valence-corrected chi connectivity index (χ0v) is 33.9. The highest BCUT2D eigenvalue weighted by atomic mass is 32.1. The van der Waals surface area contributed by atoms with Crippen LogP contribution in [0.15, 0.2) is 115 Å². The zero-order valence-electron chi connectivity index (χ0n) is 33.1. The maximum Gasteiger partial charge on any atom is 0.242 e. The molecule has 2 heteroatoms. The SMILES string of the molecule is Cc1ccc(C23CCC(CC=C(c4ccc(-c5ccc6sc7ccc(B(c8c(C)cc(C)cc8C)c8c(C)cc(C)cc8C)cc7c6c5)cc4)C2)C3)cc1. The van der Waals surface area contributed by atoms with Crippen molar-refractivity contribution in [3.8, 4) is 11.1 Å². The molecule has 0 spiro atoms. The van der Waals surface area contributed by atoms with Gasteiger partial charge in [0.2, 0.25) is 6.71 Å². The zero-order chi connectivity index (χ0) is 37.3. The third-order valence-electron chi connectivity index (χ3n) is 13.1. The molecule has 2 aliphatic rings. The summed E-state index contributed by atoms with van der Waals surface area (Å²) >= 11 is 1.91. The van der Waals surface area contributed by atoms with Gasteiger partial charge in [-0.15, -0.1) is 11.3 Å². The van der Waals surface area contributed by atoms with Gasteiger partial charge >= 0.3 is 0 Å². The molecule has 1 saturated carbocycles. The Labute approximate surface area is 327 Å². The normalized spacial score (nSPS) is 18.3. The smallest absolute Gasteiger partial charge is 0.135 e. The van der Waals surface area contributed by atoms with E-state index in [1.54, 1.807) is 5.56 Å². The molecule has 2 atom stereocenters. The van der Waals surface area contributed by atoms with Gasteiger partial charge in [-0.05, 0) is 143 Å². The summed E-state index contributed by atoms with van der Waals surface area (Å²) in [4.78, 5) is 0. The first-order valence-corrected chi connectivity index (χ1v) is 20.9. The van der Waals surface area contributed by atoms with E-state index in [0.717, 1.165) is 12.3 Å². The fourth-order valence-electron chi connectivity index (χ4n) is 10.6. The summed E-state index contributed by atoms with van der Waals surface area (Å²) in [5, 5.41) is 2.72. The highest BCUT2D eigenvalue weighted by Crippen LogP contribution is 2.53. The van der Waals surface area contributed by atoms with Crippen LogP contribution in [-0.4, -0.2) is 6.71 Å². The van der Waals surface area contributed by atoms with Crippen LogP contribution in [0.1, 0.15) is 82.2 Å². The van der Waals surface area contributed by atoms with Crippen molar-refractivity contribution in [2.24, 2.45) is 5.92 Å².